The van der Waals surface area contributed by atoms with E-state index < -0.39 is 22.3 Å². The smallest absolute Gasteiger partial charge is 0.315 e. The third kappa shape index (κ3) is 3.19. The highest BCUT2D eigenvalue weighted by molar-refractivity contribution is 7.22. The van der Waals surface area contributed by atoms with Crippen LogP contribution in [-0.4, -0.2) is 33.7 Å². The number of nitrogens with zero attached hydrogens (tertiary/aromatic N) is 4. The Morgan fingerprint density at radius 2 is 2.07 bits per heavy atom. The minimum absolute atomic E-state index is 0.0610. The Balaban J connectivity index is 1.74. The third-order valence-corrected chi connectivity index (χ3v) is 5.34. The molecule has 0 unspecified atom stereocenters. The number of carbonyl (C=O) groups is 1. The molecule has 2 aromatic carbocycles. The molecular formula is C19H14N4O5S. The largest absolute Gasteiger partial charge is 0.500 e. The van der Waals surface area contributed by atoms with E-state index in [1.165, 1.54) is 41.7 Å². The molecule has 9 nitrogen and oxygen atoms in total. The van der Waals surface area contributed by atoms with Gasteiger partial charge in [0.15, 0.2) is 5.75 Å². The summed E-state index contributed by atoms with van der Waals surface area (Å²) >= 11 is 1.34. The van der Waals surface area contributed by atoms with Gasteiger partial charge in [-0.15, -0.1) is 0 Å². The highest BCUT2D eigenvalue weighted by atomic mass is 32.1. The first-order valence-electron chi connectivity index (χ1n) is 8.41. The van der Waals surface area contributed by atoms with Gasteiger partial charge in [-0.2, -0.15) is 10.1 Å². The van der Waals surface area contributed by atoms with Crippen LogP contribution in [0.1, 0.15) is 12.5 Å². The molecular weight excluding hydrogens is 396 g/mol. The lowest BCUT2D eigenvalue weighted by molar-refractivity contribution is -0.386. The summed E-state index contributed by atoms with van der Waals surface area (Å²) in [6, 6.07) is 10.1. The number of methoxy groups -OCH3 is 1. The van der Waals surface area contributed by atoms with Crippen molar-refractivity contribution in [3.63, 3.8) is 0 Å². The van der Waals surface area contributed by atoms with Crippen molar-refractivity contribution in [1.82, 2.24) is 4.98 Å². The highest BCUT2D eigenvalue weighted by Crippen LogP contribution is 2.38. The Labute approximate surface area is 168 Å². The summed E-state index contributed by atoms with van der Waals surface area (Å²) in [5.74, 6) is -1.02. The second kappa shape index (κ2) is 6.99. The second-order valence-electron chi connectivity index (χ2n) is 6.17. The zero-order chi connectivity index (χ0) is 20.7. The van der Waals surface area contributed by atoms with Crippen molar-refractivity contribution in [2.24, 2.45) is 5.10 Å². The Kier molecular flexibility index (Phi) is 4.47. The molecule has 0 spiro atoms. The first kappa shape index (κ1) is 18.6. The summed E-state index contributed by atoms with van der Waals surface area (Å²) in [5, 5.41) is 27.1. The zero-order valence-electron chi connectivity index (χ0n) is 15.3. The summed E-state index contributed by atoms with van der Waals surface area (Å²) in [6.07, 6.45) is 1.48. The fourth-order valence-electron chi connectivity index (χ4n) is 2.92. The molecule has 29 heavy (non-hydrogen) atoms. The molecule has 0 fully saturated rings. The molecule has 2 heterocycles. The SMILES string of the molecule is COc1cc(C=C2C(=O)N(c3nc4ccccc4s3)N=C2C)cc([N+](=O)[O-])c1O. The lowest BCUT2D eigenvalue weighted by atomic mass is 10.1. The standard InChI is InChI=1S/C19H14N4O5S/c1-10-12(7-11-8-14(23(26)27)17(24)15(9-11)28-2)18(25)22(21-10)19-20-13-5-3-4-6-16(13)29-19/h3-9,24H,1-2H3. The predicted molar refractivity (Wildman–Crippen MR) is 110 cm³/mol. The number of hydrogen-bond donors (Lipinski definition) is 1. The van der Waals surface area contributed by atoms with E-state index in [1.54, 1.807) is 6.92 Å². The number of phenolic OH excluding ortho intramolecular Hbond substituents is 1. The summed E-state index contributed by atoms with van der Waals surface area (Å²) in [4.78, 5) is 27.9. The van der Waals surface area contributed by atoms with E-state index in [0.29, 0.717) is 16.4 Å². The van der Waals surface area contributed by atoms with Crippen molar-refractivity contribution in [3.8, 4) is 11.5 Å². The number of thiazole rings is 1. The second-order valence-corrected chi connectivity index (χ2v) is 7.18. The van der Waals surface area contributed by atoms with E-state index in [9.17, 15) is 20.0 Å². The van der Waals surface area contributed by atoms with Crippen LogP contribution in [0, 0.1) is 10.1 Å². The molecule has 146 valence electrons. The number of fused-ring (bicyclic) bond motifs is 1. The molecule has 0 bridgehead atoms. The van der Waals surface area contributed by atoms with Gasteiger partial charge >= 0.3 is 5.69 Å². The van der Waals surface area contributed by atoms with Crippen LogP contribution in [0.4, 0.5) is 10.8 Å². The number of phenols is 1. The summed E-state index contributed by atoms with van der Waals surface area (Å²) in [6.45, 7) is 1.67. The molecule has 0 saturated heterocycles. The topological polar surface area (TPSA) is 118 Å². The molecule has 0 aliphatic carbocycles. The Bertz CT molecular complexity index is 1200. The van der Waals surface area contributed by atoms with E-state index in [4.69, 9.17) is 4.74 Å². The molecule has 1 aliphatic heterocycles. The Morgan fingerprint density at radius 1 is 1.31 bits per heavy atom. The lowest BCUT2D eigenvalue weighted by Gasteiger charge is -2.07. The number of nitro benzene ring substituents is 1. The molecule has 1 amide bonds. The van der Waals surface area contributed by atoms with Crippen LogP contribution in [0.2, 0.25) is 0 Å². The average Bonchev–Trinajstić information content (AvgIpc) is 3.24. The molecule has 0 radical (unpaired) electrons. The maximum atomic E-state index is 12.9. The number of anilines is 1. The molecule has 3 aromatic rings. The summed E-state index contributed by atoms with van der Waals surface area (Å²) < 4.78 is 5.93. The van der Waals surface area contributed by atoms with Gasteiger partial charge < -0.3 is 9.84 Å². The minimum atomic E-state index is -0.718. The van der Waals surface area contributed by atoms with Crippen molar-refractivity contribution >= 4 is 50.1 Å². The first-order chi connectivity index (χ1) is 13.9. The highest BCUT2D eigenvalue weighted by Gasteiger charge is 2.31. The monoisotopic (exact) mass is 410 g/mol. The van der Waals surface area contributed by atoms with Crippen LogP contribution < -0.4 is 9.75 Å². The van der Waals surface area contributed by atoms with Gasteiger partial charge in [0.05, 0.1) is 33.5 Å². The fraction of sp³-hybridized carbons (Fsp3) is 0.105. The van der Waals surface area contributed by atoms with Crippen molar-refractivity contribution in [2.75, 3.05) is 12.1 Å². The number of hydrazone groups is 1. The number of ether oxygens (including phenoxy) is 1. The van der Waals surface area contributed by atoms with E-state index in [0.717, 1.165) is 10.2 Å². The van der Waals surface area contributed by atoms with Gasteiger partial charge in [-0.1, -0.05) is 23.5 Å². The van der Waals surface area contributed by atoms with Crippen LogP contribution in [0.15, 0.2) is 47.1 Å². The number of nitro groups is 1. The number of benzene rings is 2. The first-order valence-corrected chi connectivity index (χ1v) is 9.23. The van der Waals surface area contributed by atoms with Crippen LogP contribution in [-0.2, 0) is 4.79 Å². The number of aromatic hydroxyl groups is 1. The molecule has 1 aromatic heterocycles. The van der Waals surface area contributed by atoms with Crippen LogP contribution in [0.25, 0.3) is 16.3 Å². The van der Waals surface area contributed by atoms with E-state index in [1.807, 2.05) is 24.3 Å². The number of amides is 1. The quantitative estimate of drug-likeness (QED) is 0.398. The van der Waals surface area contributed by atoms with Gasteiger partial charge in [-0.05, 0) is 36.8 Å². The van der Waals surface area contributed by atoms with Crippen LogP contribution in [0.5, 0.6) is 11.5 Å². The molecule has 10 heteroatoms. The summed E-state index contributed by atoms with van der Waals surface area (Å²) in [5.41, 5.74) is 1.30. The molecule has 0 atom stereocenters. The molecule has 1 aliphatic rings. The van der Waals surface area contributed by atoms with Crippen molar-refractivity contribution in [1.29, 1.82) is 0 Å². The minimum Gasteiger partial charge on any atom is -0.500 e. The van der Waals surface area contributed by atoms with E-state index in [-0.39, 0.29) is 11.3 Å². The van der Waals surface area contributed by atoms with Gasteiger partial charge in [0, 0.05) is 6.07 Å². The van der Waals surface area contributed by atoms with Crippen LogP contribution >= 0.6 is 11.3 Å². The predicted octanol–water partition coefficient (Wildman–Crippen LogP) is 3.72. The van der Waals surface area contributed by atoms with E-state index >= 15 is 0 Å². The van der Waals surface area contributed by atoms with Gasteiger partial charge in [0.1, 0.15) is 0 Å². The Morgan fingerprint density at radius 3 is 2.76 bits per heavy atom. The van der Waals surface area contributed by atoms with Crippen LogP contribution in [0.3, 0.4) is 0 Å². The molecule has 0 saturated carbocycles. The number of aromatic nitrogens is 1. The Hall–Kier alpha value is -3.79. The number of rotatable bonds is 4. The van der Waals surface area contributed by atoms with Gasteiger partial charge in [-0.3, -0.25) is 14.9 Å². The van der Waals surface area contributed by atoms with Gasteiger partial charge in [0.25, 0.3) is 5.91 Å². The lowest BCUT2D eigenvalue weighted by Crippen LogP contribution is -2.21. The van der Waals surface area contributed by atoms with Crippen molar-refractivity contribution < 1.29 is 19.6 Å². The maximum absolute atomic E-state index is 12.9. The normalized spacial score (nSPS) is 15.2. The van der Waals surface area contributed by atoms with Crippen molar-refractivity contribution in [2.45, 2.75) is 6.92 Å². The molecule has 4 rings (SSSR count). The maximum Gasteiger partial charge on any atom is 0.315 e. The van der Waals surface area contributed by atoms with E-state index in [2.05, 4.69) is 10.1 Å². The number of para-hydroxylation sites is 1. The molecule has 1 N–H and O–H groups in total. The summed E-state index contributed by atoms with van der Waals surface area (Å²) in [7, 11) is 1.29. The third-order valence-electron chi connectivity index (χ3n) is 4.33. The van der Waals surface area contributed by atoms with Gasteiger partial charge in [0.2, 0.25) is 10.9 Å². The number of hydrogen-bond acceptors (Lipinski definition) is 8. The average molecular weight is 410 g/mol. The van der Waals surface area contributed by atoms with Crippen molar-refractivity contribution in [3.05, 3.63) is 57.6 Å². The number of carbonyl (C=O) groups excluding carboxylic acids is 1. The van der Waals surface area contributed by atoms with Gasteiger partial charge in [-0.25, -0.2) is 4.98 Å². The zero-order valence-corrected chi connectivity index (χ0v) is 16.1. The fourth-order valence-corrected chi connectivity index (χ4v) is 3.84.